The quantitative estimate of drug-likeness (QED) is 0.0966. The van der Waals surface area contributed by atoms with E-state index in [9.17, 15) is 19.5 Å². The lowest BCUT2D eigenvalue weighted by molar-refractivity contribution is -0.255. The lowest BCUT2D eigenvalue weighted by Gasteiger charge is -2.50. The van der Waals surface area contributed by atoms with E-state index < -0.39 is 12.2 Å². The zero-order valence-corrected chi connectivity index (χ0v) is 32.5. The molecule has 3 amide bonds. The van der Waals surface area contributed by atoms with Crippen LogP contribution < -0.4 is 16.1 Å². The van der Waals surface area contributed by atoms with Crippen LogP contribution in [0.3, 0.4) is 0 Å². The Morgan fingerprint density at radius 1 is 0.836 bits per heavy atom. The van der Waals surface area contributed by atoms with E-state index in [2.05, 4.69) is 27.7 Å². The van der Waals surface area contributed by atoms with Crippen molar-refractivity contribution >= 4 is 17.7 Å². The SMILES string of the molecule is CC(C)(C)NC(=O)[C@H]1CC[C@H]2CCCC[C@H]2N1C[C@@H]1C[C@H](c2ccc(CO)cc2)O[C@H](c2ccc(-c3ccccc3CNC(=O)CCCC(=O)NO)cc2)O1. The van der Waals surface area contributed by atoms with Crippen molar-refractivity contribution in [3.05, 3.63) is 95.1 Å². The maximum absolute atomic E-state index is 13.8. The third kappa shape index (κ3) is 10.8. The molecule has 11 heteroatoms. The summed E-state index contributed by atoms with van der Waals surface area (Å²) in [6.07, 6.45) is 6.83. The van der Waals surface area contributed by atoms with E-state index >= 15 is 0 Å². The first kappa shape index (κ1) is 40.5. The molecule has 3 aromatic rings. The molecule has 55 heavy (non-hydrogen) atoms. The van der Waals surface area contributed by atoms with Gasteiger partial charge in [0.05, 0.1) is 24.9 Å². The fourth-order valence-electron chi connectivity index (χ4n) is 8.52. The summed E-state index contributed by atoms with van der Waals surface area (Å²) in [5.41, 5.74) is 6.96. The van der Waals surface area contributed by atoms with Crippen LogP contribution in [0, 0.1) is 5.92 Å². The number of likely N-dealkylation sites (tertiary alicyclic amines) is 1. The molecule has 0 aromatic heterocycles. The second-order valence-electron chi connectivity index (χ2n) is 16.4. The van der Waals surface area contributed by atoms with Gasteiger partial charge in [-0.25, -0.2) is 5.48 Å². The summed E-state index contributed by atoms with van der Waals surface area (Å²) in [4.78, 5) is 40.0. The lowest BCUT2D eigenvalue weighted by atomic mass is 9.75. The van der Waals surface area contributed by atoms with Gasteiger partial charge in [0.25, 0.3) is 0 Å². The zero-order valence-electron chi connectivity index (χ0n) is 32.5. The molecule has 1 saturated carbocycles. The van der Waals surface area contributed by atoms with Gasteiger partial charge in [-0.05, 0) is 86.6 Å². The molecule has 6 atom stereocenters. The molecule has 1 aliphatic carbocycles. The number of piperidine rings is 1. The minimum Gasteiger partial charge on any atom is -0.392 e. The van der Waals surface area contributed by atoms with Gasteiger partial charge in [0, 0.05) is 49.5 Å². The monoisotopic (exact) mass is 754 g/mol. The Balaban J connectivity index is 1.21. The average Bonchev–Trinajstić information content (AvgIpc) is 3.19. The molecule has 0 bridgehead atoms. The molecule has 2 heterocycles. The van der Waals surface area contributed by atoms with Crippen molar-refractivity contribution in [3.8, 4) is 11.1 Å². The van der Waals surface area contributed by atoms with E-state index in [1.807, 2.05) is 81.4 Å². The van der Waals surface area contributed by atoms with Crippen molar-refractivity contribution in [3.63, 3.8) is 0 Å². The van der Waals surface area contributed by atoms with E-state index in [1.54, 1.807) is 5.48 Å². The third-order valence-corrected chi connectivity index (χ3v) is 11.3. The Kier molecular flexibility index (Phi) is 13.8. The number of nitrogens with zero attached hydrogens (tertiary/aromatic N) is 1. The second-order valence-corrected chi connectivity index (χ2v) is 16.4. The Morgan fingerprint density at radius 3 is 2.27 bits per heavy atom. The maximum atomic E-state index is 13.8. The van der Waals surface area contributed by atoms with Gasteiger partial charge in [-0.15, -0.1) is 0 Å². The van der Waals surface area contributed by atoms with Gasteiger partial charge in [0.15, 0.2) is 6.29 Å². The van der Waals surface area contributed by atoms with Crippen LogP contribution in [0.4, 0.5) is 0 Å². The number of carbonyl (C=O) groups excluding carboxylic acids is 3. The van der Waals surface area contributed by atoms with Gasteiger partial charge in [-0.1, -0.05) is 85.6 Å². The molecule has 0 spiro atoms. The van der Waals surface area contributed by atoms with Gasteiger partial charge in [0.1, 0.15) is 0 Å². The first-order chi connectivity index (χ1) is 26.5. The van der Waals surface area contributed by atoms with E-state index in [-0.39, 0.29) is 55.1 Å². The number of aliphatic hydroxyl groups excluding tert-OH is 1. The molecule has 6 rings (SSSR count). The topological polar surface area (TPSA) is 149 Å². The number of hydrogen-bond donors (Lipinski definition) is 5. The molecule has 2 saturated heterocycles. The van der Waals surface area contributed by atoms with Gasteiger partial charge in [0.2, 0.25) is 17.7 Å². The molecule has 3 aromatic carbocycles. The minimum absolute atomic E-state index is 0.0247. The molecule has 5 N–H and O–H groups in total. The second kappa shape index (κ2) is 18.7. The number of nitrogens with one attached hydrogen (secondary N) is 3. The number of benzene rings is 3. The van der Waals surface area contributed by atoms with E-state index in [1.165, 1.54) is 19.3 Å². The summed E-state index contributed by atoms with van der Waals surface area (Å²) in [6, 6.07) is 24.2. The summed E-state index contributed by atoms with van der Waals surface area (Å²) in [7, 11) is 0. The highest BCUT2D eigenvalue weighted by molar-refractivity contribution is 5.82. The predicted molar refractivity (Wildman–Crippen MR) is 209 cm³/mol. The summed E-state index contributed by atoms with van der Waals surface area (Å²) in [5.74, 6) is 0.0112. The molecule has 11 nitrogen and oxygen atoms in total. The number of carbonyl (C=O) groups is 3. The van der Waals surface area contributed by atoms with Crippen molar-refractivity contribution in [1.29, 1.82) is 0 Å². The summed E-state index contributed by atoms with van der Waals surface area (Å²) < 4.78 is 13.6. The number of fused-ring (bicyclic) bond motifs is 1. The summed E-state index contributed by atoms with van der Waals surface area (Å²) >= 11 is 0. The number of ether oxygens (including phenoxy) is 2. The third-order valence-electron chi connectivity index (χ3n) is 11.3. The lowest BCUT2D eigenvalue weighted by Crippen LogP contribution is -2.61. The molecule has 2 aliphatic heterocycles. The van der Waals surface area contributed by atoms with Crippen LogP contribution >= 0.6 is 0 Å². The van der Waals surface area contributed by atoms with Crippen LogP contribution in [0.25, 0.3) is 11.1 Å². The van der Waals surface area contributed by atoms with Gasteiger partial charge >= 0.3 is 0 Å². The number of rotatable bonds is 13. The van der Waals surface area contributed by atoms with Crippen LogP contribution in [0.15, 0.2) is 72.8 Å². The fourth-order valence-corrected chi connectivity index (χ4v) is 8.52. The van der Waals surface area contributed by atoms with Crippen molar-refractivity contribution in [2.75, 3.05) is 6.54 Å². The van der Waals surface area contributed by atoms with Crippen LogP contribution in [-0.4, -0.2) is 63.2 Å². The van der Waals surface area contributed by atoms with Gasteiger partial charge in [-0.3, -0.25) is 24.5 Å². The number of hydrogen-bond acceptors (Lipinski definition) is 8. The van der Waals surface area contributed by atoms with E-state index in [0.29, 0.717) is 37.9 Å². The first-order valence-electron chi connectivity index (χ1n) is 20.0. The molecule has 296 valence electrons. The molecular formula is C44H58N4O7. The molecular weight excluding hydrogens is 697 g/mol. The Hall–Kier alpha value is -4.13. The minimum atomic E-state index is -0.633. The zero-order chi connectivity index (χ0) is 39.0. The molecule has 0 radical (unpaired) electrons. The van der Waals surface area contributed by atoms with Crippen LogP contribution in [0.2, 0.25) is 0 Å². The number of aliphatic hydroxyl groups is 1. The van der Waals surface area contributed by atoms with Crippen LogP contribution in [-0.2, 0) is 37.0 Å². The van der Waals surface area contributed by atoms with Crippen molar-refractivity contribution < 1.29 is 34.2 Å². The Bertz CT molecular complexity index is 1740. The predicted octanol–water partition coefficient (Wildman–Crippen LogP) is 6.62. The van der Waals surface area contributed by atoms with Crippen molar-refractivity contribution in [2.24, 2.45) is 5.92 Å². The Morgan fingerprint density at radius 2 is 1.55 bits per heavy atom. The summed E-state index contributed by atoms with van der Waals surface area (Å²) in [6.45, 7) is 7.06. The molecule has 3 aliphatic rings. The highest BCUT2D eigenvalue weighted by Gasteiger charge is 2.44. The highest BCUT2D eigenvalue weighted by Crippen LogP contribution is 2.42. The standard InChI is InChI=1S/C44H58N4O7/c1-44(2,3)46-42(52)38-24-23-31-9-5-7-12-37(31)48(38)27-35-25-39(32-17-15-29(28-49)16-18-32)55-43(54-35)33-21-19-30(20-22-33)36-11-6-4-10-34(36)26-45-40(50)13-8-14-41(51)47-53/h4,6,10-11,15-22,31,35,37-39,43,49,53H,5,7-9,12-14,23-28H2,1-3H3,(H,45,50)(H,46,52)(H,47,51)/t31-,35+,37-,38-,39-,43-/m1/s1. The Labute approximate surface area is 325 Å². The summed E-state index contributed by atoms with van der Waals surface area (Å²) in [5, 5.41) is 24.6. The first-order valence-corrected chi connectivity index (χ1v) is 20.0. The normalized spacial score (nSPS) is 24.4. The van der Waals surface area contributed by atoms with E-state index in [0.717, 1.165) is 52.6 Å². The van der Waals surface area contributed by atoms with E-state index in [4.69, 9.17) is 14.7 Å². The number of hydroxylamine groups is 1. The van der Waals surface area contributed by atoms with Gasteiger partial charge < -0.3 is 25.2 Å². The highest BCUT2D eigenvalue weighted by atomic mass is 16.7. The molecule has 0 unspecified atom stereocenters. The molecule has 3 fully saturated rings. The smallest absolute Gasteiger partial charge is 0.243 e. The maximum Gasteiger partial charge on any atom is 0.243 e. The van der Waals surface area contributed by atoms with Gasteiger partial charge in [-0.2, -0.15) is 0 Å². The van der Waals surface area contributed by atoms with Crippen molar-refractivity contribution in [2.45, 2.75) is 134 Å². The van der Waals surface area contributed by atoms with Crippen LogP contribution in [0.5, 0.6) is 0 Å². The fraction of sp³-hybridized carbons (Fsp3) is 0.523. The average molecular weight is 755 g/mol. The largest absolute Gasteiger partial charge is 0.392 e. The van der Waals surface area contributed by atoms with Crippen LogP contribution in [0.1, 0.15) is 120 Å². The van der Waals surface area contributed by atoms with Crippen molar-refractivity contribution in [1.82, 2.24) is 21.0 Å². The number of amides is 3.